The Labute approximate surface area is 172 Å². The summed E-state index contributed by atoms with van der Waals surface area (Å²) in [6, 6.07) is 3.81. The van der Waals surface area contributed by atoms with Gasteiger partial charge in [-0.1, -0.05) is 0 Å². The van der Waals surface area contributed by atoms with E-state index in [2.05, 4.69) is 42.7 Å². The molecule has 0 saturated carbocycles. The standard InChI is InChI=1S/C20H20N8O2/c1-11(12-6-22-7-12)30-16-9-24-14-2-3-29-20(14)19(16)15-4-17(28-27-15)26-18-10-23-13(5-21)8-25-18/h4,8-12,22H,2-3,6-7H2,1H3,(H2,25,26,27,28)/t11-/m1/s1. The molecule has 0 spiro atoms. The Bertz CT molecular complexity index is 1100. The number of nitrogens with one attached hydrogen (secondary N) is 3. The zero-order valence-corrected chi connectivity index (χ0v) is 16.3. The zero-order chi connectivity index (χ0) is 20.5. The predicted octanol–water partition coefficient (Wildman–Crippen LogP) is 1.80. The van der Waals surface area contributed by atoms with Gasteiger partial charge in [-0.15, -0.1) is 0 Å². The highest BCUT2D eigenvalue weighted by Crippen LogP contribution is 2.42. The number of hydrogen-bond acceptors (Lipinski definition) is 9. The van der Waals surface area contributed by atoms with Crippen LogP contribution in [0.2, 0.25) is 0 Å². The zero-order valence-electron chi connectivity index (χ0n) is 16.3. The smallest absolute Gasteiger partial charge is 0.158 e. The number of H-pyrrole nitrogens is 1. The summed E-state index contributed by atoms with van der Waals surface area (Å²) in [5.41, 5.74) is 2.75. The third kappa shape index (κ3) is 3.40. The van der Waals surface area contributed by atoms with E-state index in [-0.39, 0.29) is 11.8 Å². The largest absolute Gasteiger partial charge is 0.490 e. The van der Waals surface area contributed by atoms with Gasteiger partial charge in [-0.25, -0.2) is 9.97 Å². The first-order valence-electron chi connectivity index (χ1n) is 9.78. The molecular weight excluding hydrogens is 384 g/mol. The molecule has 5 rings (SSSR count). The van der Waals surface area contributed by atoms with E-state index in [0.29, 0.717) is 29.9 Å². The van der Waals surface area contributed by atoms with Crippen LogP contribution in [-0.2, 0) is 6.42 Å². The molecule has 3 N–H and O–H groups in total. The Kier molecular flexibility index (Phi) is 4.65. The first kappa shape index (κ1) is 18.3. The van der Waals surface area contributed by atoms with Crippen LogP contribution in [0.4, 0.5) is 11.6 Å². The molecule has 10 heteroatoms. The van der Waals surface area contributed by atoms with Gasteiger partial charge in [-0.2, -0.15) is 10.4 Å². The van der Waals surface area contributed by atoms with Gasteiger partial charge < -0.3 is 20.1 Å². The van der Waals surface area contributed by atoms with Gasteiger partial charge in [-0.05, 0) is 6.92 Å². The van der Waals surface area contributed by atoms with Crippen molar-refractivity contribution in [1.29, 1.82) is 5.26 Å². The Morgan fingerprint density at radius 2 is 2.13 bits per heavy atom. The molecule has 0 amide bonds. The van der Waals surface area contributed by atoms with Gasteiger partial charge in [0, 0.05) is 31.5 Å². The number of ether oxygens (including phenoxy) is 2. The second kappa shape index (κ2) is 7.61. The summed E-state index contributed by atoms with van der Waals surface area (Å²) in [5.74, 6) is 2.93. The lowest BCUT2D eigenvalue weighted by Crippen LogP contribution is -2.49. The molecule has 0 aromatic carbocycles. The Morgan fingerprint density at radius 1 is 1.23 bits per heavy atom. The van der Waals surface area contributed by atoms with Crippen molar-refractivity contribution in [2.75, 3.05) is 25.0 Å². The van der Waals surface area contributed by atoms with Crippen LogP contribution in [0.5, 0.6) is 11.5 Å². The van der Waals surface area contributed by atoms with E-state index in [0.717, 1.165) is 42.2 Å². The van der Waals surface area contributed by atoms with Gasteiger partial charge in [0.15, 0.2) is 23.0 Å². The van der Waals surface area contributed by atoms with Crippen LogP contribution in [0.1, 0.15) is 18.3 Å². The van der Waals surface area contributed by atoms with Crippen molar-refractivity contribution >= 4 is 11.6 Å². The maximum atomic E-state index is 8.84. The van der Waals surface area contributed by atoms with Crippen molar-refractivity contribution < 1.29 is 9.47 Å². The lowest BCUT2D eigenvalue weighted by atomic mass is 9.97. The van der Waals surface area contributed by atoms with Gasteiger partial charge in [0.2, 0.25) is 0 Å². The Balaban J connectivity index is 1.44. The first-order valence-corrected chi connectivity index (χ1v) is 9.78. The minimum atomic E-state index is 0.0562. The SMILES string of the molecule is C[C@@H](Oc1cnc2c(c1-c1cc(Nc3cnc(C#N)cn3)n[nH]1)OCC2)C1CNC1. The summed E-state index contributed by atoms with van der Waals surface area (Å²) >= 11 is 0. The summed E-state index contributed by atoms with van der Waals surface area (Å²) in [7, 11) is 0. The Morgan fingerprint density at radius 3 is 2.87 bits per heavy atom. The number of nitriles is 1. The molecule has 2 aliphatic heterocycles. The number of rotatable bonds is 6. The molecular formula is C20H20N8O2. The van der Waals surface area contributed by atoms with Gasteiger partial charge in [0.05, 0.1) is 42.1 Å². The van der Waals surface area contributed by atoms with E-state index < -0.39 is 0 Å². The molecule has 0 radical (unpaired) electrons. The van der Waals surface area contributed by atoms with Gasteiger partial charge in [-0.3, -0.25) is 10.1 Å². The molecule has 152 valence electrons. The summed E-state index contributed by atoms with van der Waals surface area (Å²) in [6.45, 7) is 4.58. The van der Waals surface area contributed by atoms with E-state index in [1.807, 2.05) is 12.1 Å². The molecule has 2 aliphatic rings. The van der Waals surface area contributed by atoms with Gasteiger partial charge in [0.25, 0.3) is 0 Å². The van der Waals surface area contributed by atoms with Crippen molar-refractivity contribution in [3.05, 3.63) is 36.0 Å². The molecule has 0 bridgehead atoms. The highest BCUT2D eigenvalue weighted by molar-refractivity contribution is 5.77. The molecule has 0 aliphatic carbocycles. The summed E-state index contributed by atoms with van der Waals surface area (Å²) in [4.78, 5) is 12.7. The monoisotopic (exact) mass is 404 g/mol. The molecule has 10 nitrogen and oxygen atoms in total. The first-order chi connectivity index (χ1) is 14.7. The van der Waals surface area contributed by atoms with Crippen molar-refractivity contribution in [2.24, 2.45) is 5.92 Å². The average Bonchev–Trinajstić information content (AvgIpc) is 3.36. The molecule has 0 unspecified atom stereocenters. The van der Waals surface area contributed by atoms with Crippen molar-refractivity contribution in [2.45, 2.75) is 19.4 Å². The van der Waals surface area contributed by atoms with Crippen LogP contribution >= 0.6 is 0 Å². The van der Waals surface area contributed by atoms with Crippen LogP contribution < -0.4 is 20.1 Å². The van der Waals surface area contributed by atoms with Gasteiger partial charge in [0.1, 0.15) is 18.0 Å². The van der Waals surface area contributed by atoms with E-state index >= 15 is 0 Å². The summed E-state index contributed by atoms with van der Waals surface area (Å²) in [6.07, 6.45) is 5.49. The van der Waals surface area contributed by atoms with Gasteiger partial charge >= 0.3 is 0 Å². The van der Waals surface area contributed by atoms with E-state index in [1.165, 1.54) is 12.4 Å². The molecule has 3 aromatic rings. The van der Waals surface area contributed by atoms with Crippen molar-refractivity contribution in [3.63, 3.8) is 0 Å². The van der Waals surface area contributed by atoms with Crippen LogP contribution in [-0.4, -0.2) is 50.9 Å². The number of nitrogens with zero attached hydrogens (tertiary/aromatic N) is 5. The van der Waals surface area contributed by atoms with E-state index in [9.17, 15) is 0 Å². The number of aromatic amines is 1. The highest BCUT2D eigenvalue weighted by Gasteiger charge is 2.29. The number of aromatic nitrogens is 5. The third-order valence-electron chi connectivity index (χ3n) is 5.32. The topological polar surface area (TPSA) is 134 Å². The van der Waals surface area contributed by atoms with Crippen LogP contribution in [0.15, 0.2) is 24.7 Å². The normalized spacial score (nSPS) is 16.1. The number of hydrogen-bond donors (Lipinski definition) is 3. The molecule has 3 aromatic heterocycles. The maximum absolute atomic E-state index is 8.84. The fraction of sp³-hybridized carbons (Fsp3) is 0.350. The molecule has 30 heavy (non-hydrogen) atoms. The second-order valence-electron chi connectivity index (χ2n) is 7.30. The molecule has 1 atom stereocenters. The number of pyridine rings is 1. The second-order valence-corrected chi connectivity index (χ2v) is 7.30. The number of anilines is 2. The van der Waals surface area contributed by atoms with Crippen LogP contribution in [0, 0.1) is 17.2 Å². The van der Waals surface area contributed by atoms with E-state index in [1.54, 1.807) is 6.20 Å². The van der Waals surface area contributed by atoms with Crippen molar-refractivity contribution in [1.82, 2.24) is 30.5 Å². The number of fused-ring (bicyclic) bond motifs is 1. The Hall–Kier alpha value is -3.71. The lowest BCUT2D eigenvalue weighted by Gasteiger charge is -2.33. The summed E-state index contributed by atoms with van der Waals surface area (Å²) < 4.78 is 12.2. The van der Waals surface area contributed by atoms with Crippen LogP contribution in [0.25, 0.3) is 11.3 Å². The third-order valence-corrected chi connectivity index (χ3v) is 5.32. The molecule has 1 fully saturated rings. The lowest BCUT2D eigenvalue weighted by molar-refractivity contribution is 0.114. The minimum absolute atomic E-state index is 0.0562. The fourth-order valence-corrected chi connectivity index (χ4v) is 3.48. The average molecular weight is 404 g/mol. The quantitative estimate of drug-likeness (QED) is 0.562. The predicted molar refractivity (Wildman–Crippen MR) is 107 cm³/mol. The maximum Gasteiger partial charge on any atom is 0.158 e. The fourth-order valence-electron chi connectivity index (χ4n) is 3.48. The minimum Gasteiger partial charge on any atom is -0.490 e. The summed E-state index contributed by atoms with van der Waals surface area (Å²) in [5, 5.41) is 22.6. The highest BCUT2D eigenvalue weighted by atomic mass is 16.5. The molecule has 5 heterocycles. The molecule has 1 saturated heterocycles. The van der Waals surface area contributed by atoms with Crippen LogP contribution in [0.3, 0.4) is 0 Å². The van der Waals surface area contributed by atoms with Crippen molar-refractivity contribution in [3.8, 4) is 28.8 Å². The van der Waals surface area contributed by atoms with E-state index in [4.69, 9.17) is 14.7 Å².